The molecule has 0 aliphatic rings. The Morgan fingerprint density at radius 3 is 2.88 bits per heavy atom. The van der Waals surface area contributed by atoms with E-state index in [1.54, 1.807) is 0 Å². The van der Waals surface area contributed by atoms with Crippen LogP contribution in [0.25, 0.3) is 11.2 Å². The molecule has 84 valence electrons. The number of carbonyl (C=O) groups is 1. The molecule has 0 bridgehead atoms. The molecule has 0 spiro atoms. The van der Waals surface area contributed by atoms with E-state index in [9.17, 15) is 13.6 Å². The number of hydrogen-bond donors (Lipinski definition) is 2. The average Bonchev–Trinajstić information content (AvgIpc) is 2.65. The summed E-state index contributed by atoms with van der Waals surface area (Å²) in [4.78, 5) is 23.9. The molecule has 2 rings (SSSR count). The molecule has 6 nitrogen and oxygen atoms in total. The maximum atomic E-state index is 12.9. The Kier molecular flexibility index (Phi) is 2.46. The van der Waals surface area contributed by atoms with Crippen LogP contribution >= 0.6 is 11.8 Å². The standard InChI is InChI=1S/C7H4F2N4O2S/c8-7(9,6(14)15)16-5-3-4(11-1-10-3)12-2-13-5/h1-2H,(H,14,15)(H,10,11,12,13). The number of nitrogens with one attached hydrogen (secondary N) is 1. The Bertz CT molecular complexity index is 544. The largest absolute Gasteiger partial charge is 0.476 e. The van der Waals surface area contributed by atoms with Gasteiger partial charge >= 0.3 is 11.2 Å². The molecule has 16 heavy (non-hydrogen) atoms. The number of carboxylic acids is 1. The van der Waals surface area contributed by atoms with E-state index >= 15 is 0 Å². The summed E-state index contributed by atoms with van der Waals surface area (Å²) in [6, 6.07) is 0. The van der Waals surface area contributed by atoms with E-state index in [1.165, 1.54) is 6.33 Å². The van der Waals surface area contributed by atoms with Gasteiger partial charge in [-0.15, -0.1) is 0 Å². The van der Waals surface area contributed by atoms with E-state index in [0.29, 0.717) is 0 Å². The second-order valence-electron chi connectivity index (χ2n) is 2.70. The molecule has 0 unspecified atom stereocenters. The molecule has 0 amide bonds. The zero-order valence-corrected chi connectivity index (χ0v) is 8.33. The predicted octanol–water partition coefficient (Wildman–Crippen LogP) is 1.12. The van der Waals surface area contributed by atoms with E-state index in [2.05, 4.69) is 19.9 Å². The number of aromatic nitrogens is 4. The van der Waals surface area contributed by atoms with Gasteiger partial charge < -0.3 is 10.1 Å². The minimum Gasteiger partial charge on any atom is -0.476 e. The number of nitrogens with zero attached hydrogens (tertiary/aromatic N) is 3. The Balaban J connectivity index is 2.41. The molecule has 0 aromatic carbocycles. The Morgan fingerprint density at radius 1 is 1.44 bits per heavy atom. The van der Waals surface area contributed by atoms with Crippen LogP contribution in [0.4, 0.5) is 8.78 Å². The number of hydrogen-bond acceptors (Lipinski definition) is 5. The minimum absolute atomic E-state index is 0.157. The number of rotatable bonds is 3. The molecule has 2 N–H and O–H groups in total. The lowest BCUT2D eigenvalue weighted by molar-refractivity contribution is -0.152. The van der Waals surface area contributed by atoms with Crippen molar-refractivity contribution in [3.63, 3.8) is 0 Å². The summed E-state index contributed by atoms with van der Waals surface area (Å²) >= 11 is -0.167. The number of aromatic amines is 1. The SMILES string of the molecule is O=C(O)C(F)(F)Sc1ncnc2nc[nH]c12. The van der Waals surface area contributed by atoms with Crippen molar-refractivity contribution in [1.82, 2.24) is 19.9 Å². The monoisotopic (exact) mass is 246 g/mol. The molecule has 2 heterocycles. The third-order valence-electron chi connectivity index (χ3n) is 1.66. The summed E-state index contributed by atoms with van der Waals surface area (Å²) in [7, 11) is 0. The highest BCUT2D eigenvalue weighted by atomic mass is 32.2. The highest BCUT2D eigenvalue weighted by molar-refractivity contribution is 8.01. The van der Waals surface area contributed by atoms with Gasteiger partial charge in [0.05, 0.1) is 6.33 Å². The Labute approximate surface area is 91.1 Å². The van der Waals surface area contributed by atoms with Gasteiger partial charge in [-0.25, -0.2) is 19.7 Å². The van der Waals surface area contributed by atoms with Crippen molar-refractivity contribution in [1.29, 1.82) is 0 Å². The van der Waals surface area contributed by atoms with Crippen LogP contribution in [-0.4, -0.2) is 36.3 Å². The van der Waals surface area contributed by atoms with Crippen molar-refractivity contribution >= 4 is 28.9 Å². The smallest absolute Gasteiger partial charge is 0.394 e. The third kappa shape index (κ3) is 1.81. The fourth-order valence-electron chi connectivity index (χ4n) is 0.985. The minimum atomic E-state index is -3.94. The highest BCUT2D eigenvalue weighted by Crippen LogP contribution is 2.36. The quantitative estimate of drug-likeness (QED) is 0.623. The summed E-state index contributed by atoms with van der Waals surface area (Å²) < 4.78 is 25.9. The van der Waals surface area contributed by atoms with E-state index in [0.717, 1.165) is 6.33 Å². The number of fused-ring (bicyclic) bond motifs is 1. The molecule has 0 saturated carbocycles. The van der Waals surface area contributed by atoms with E-state index < -0.39 is 11.2 Å². The van der Waals surface area contributed by atoms with E-state index in [4.69, 9.17) is 5.11 Å². The average molecular weight is 246 g/mol. The first-order chi connectivity index (χ1) is 7.50. The summed E-state index contributed by atoms with van der Waals surface area (Å²) in [5.41, 5.74) is 0.395. The number of halogens is 2. The Hall–Kier alpha value is -1.77. The van der Waals surface area contributed by atoms with Crippen molar-refractivity contribution in [2.75, 3.05) is 0 Å². The van der Waals surface area contributed by atoms with Crippen molar-refractivity contribution in [3.8, 4) is 0 Å². The maximum Gasteiger partial charge on any atom is 0.394 e. The fourth-order valence-corrected chi connectivity index (χ4v) is 1.67. The molecule has 2 aromatic rings. The number of imidazole rings is 1. The van der Waals surface area contributed by atoms with Crippen LogP contribution in [0.3, 0.4) is 0 Å². The maximum absolute atomic E-state index is 12.9. The fraction of sp³-hybridized carbons (Fsp3) is 0.143. The summed E-state index contributed by atoms with van der Waals surface area (Å²) in [6.07, 6.45) is 2.31. The normalized spacial score (nSPS) is 11.9. The van der Waals surface area contributed by atoms with E-state index in [-0.39, 0.29) is 28.0 Å². The van der Waals surface area contributed by atoms with Crippen LogP contribution in [0.5, 0.6) is 0 Å². The number of carboxylic acid groups (broad SMARTS) is 1. The second kappa shape index (κ2) is 3.67. The van der Waals surface area contributed by atoms with Crippen LogP contribution < -0.4 is 0 Å². The molecule has 0 aliphatic carbocycles. The van der Waals surface area contributed by atoms with Gasteiger partial charge in [0.2, 0.25) is 0 Å². The number of aliphatic carboxylic acids is 1. The van der Waals surface area contributed by atoms with Gasteiger partial charge in [-0.2, -0.15) is 8.78 Å². The summed E-state index contributed by atoms with van der Waals surface area (Å²) in [5, 5.41) is 4.19. The lowest BCUT2D eigenvalue weighted by Gasteiger charge is -2.09. The van der Waals surface area contributed by atoms with Gasteiger partial charge in [-0.1, -0.05) is 0 Å². The van der Waals surface area contributed by atoms with Gasteiger partial charge in [-0.3, -0.25) is 0 Å². The van der Waals surface area contributed by atoms with Crippen LogP contribution in [0.15, 0.2) is 17.7 Å². The highest BCUT2D eigenvalue weighted by Gasteiger charge is 2.41. The second-order valence-corrected chi connectivity index (χ2v) is 3.81. The first-order valence-electron chi connectivity index (χ1n) is 3.95. The van der Waals surface area contributed by atoms with Gasteiger partial charge in [0, 0.05) is 0 Å². The molecule has 0 radical (unpaired) electrons. The first-order valence-corrected chi connectivity index (χ1v) is 4.76. The number of H-pyrrole nitrogens is 1. The van der Waals surface area contributed by atoms with Crippen LogP contribution in [0.2, 0.25) is 0 Å². The van der Waals surface area contributed by atoms with Gasteiger partial charge in [-0.05, 0) is 11.8 Å². The van der Waals surface area contributed by atoms with Gasteiger partial charge in [0.25, 0.3) is 0 Å². The lowest BCUT2D eigenvalue weighted by atomic mass is 10.6. The number of thioether (sulfide) groups is 1. The zero-order chi connectivity index (χ0) is 11.8. The molecule has 2 aromatic heterocycles. The number of alkyl halides is 2. The molecular formula is C7H4F2N4O2S. The van der Waals surface area contributed by atoms with Crippen molar-refractivity contribution in [2.24, 2.45) is 0 Å². The van der Waals surface area contributed by atoms with Crippen LogP contribution in [0, 0.1) is 0 Å². The van der Waals surface area contributed by atoms with Crippen molar-refractivity contribution in [2.45, 2.75) is 10.3 Å². The van der Waals surface area contributed by atoms with Gasteiger partial charge in [0.15, 0.2) is 5.65 Å². The molecule has 0 saturated heterocycles. The van der Waals surface area contributed by atoms with Crippen LogP contribution in [0.1, 0.15) is 0 Å². The third-order valence-corrected chi connectivity index (χ3v) is 2.60. The molecule has 9 heteroatoms. The summed E-state index contributed by atoms with van der Waals surface area (Å²) in [5.74, 6) is -2.22. The van der Waals surface area contributed by atoms with Gasteiger partial charge in [0.1, 0.15) is 16.9 Å². The van der Waals surface area contributed by atoms with Crippen LogP contribution in [-0.2, 0) is 4.79 Å². The first kappa shape index (κ1) is 10.7. The molecule has 0 fully saturated rings. The molecule has 0 aliphatic heterocycles. The molecular weight excluding hydrogens is 242 g/mol. The lowest BCUT2D eigenvalue weighted by Crippen LogP contribution is -2.23. The topological polar surface area (TPSA) is 91.8 Å². The van der Waals surface area contributed by atoms with Crippen molar-refractivity contribution < 1.29 is 18.7 Å². The van der Waals surface area contributed by atoms with Crippen molar-refractivity contribution in [3.05, 3.63) is 12.7 Å². The zero-order valence-electron chi connectivity index (χ0n) is 7.52. The van der Waals surface area contributed by atoms with E-state index in [1.807, 2.05) is 0 Å². The summed E-state index contributed by atoms with van der Waals surface area (Å²) in [6.45, 7) is 0. The Morgan fingerprint density at radius 2 is 2.19 bits per heavy atom. The predicted molar refractivity (Wildman–Crippen MR) is 50.1 cm³/mol. The molecule has 0 atom stereocenters.